The number of rotatable bonds is 6. The third-order valence-electron chi connectivity index (χ3n) is 8.39. The maximum atomic E-state index is 2.38. The minimum Gasteiger partial charge on any atom is -0.310 e. The zero-order valence-electron chi connectivity index (χ0n) is 24.2. The van der Waals surface area contributed by atoms with Crippen molar-refractivity contribution >= 4 is 38.9 Å². The Kier molecular flexibility index (Phi) is 6.51. The minimum absolute atomic E-state index is 1.10. The Bertz CT molecular complexity index is 2060. The van der Waals surface area contributed by atoms with E-state index in [0.717, 1.165) is 22.7 Å². The Balaban J connectivity index is 1.27. The number of fused-ring (bicyclic) bond motifs is 3. The van der Waals surface area contributed by atoms with E-state index in [1.54, 1.807) is 0 Å². The summed E-state index contributed by atoms with van der Waals surface area (Å²) in [7, 11) is 0. The summed E-state index contributed by atoms with van der Waals surface area (Å²) in [4.78, 5) is 2.35. The second-order valence-electron chi connectivity index (χ2n) is 11.1. The molecule has 0 aliphatic rings. The third kappa shape index (κ3) is 4.63. The molecule has 1 aromatic heterocycles. The highest BCUT2D eigenvalue weighted by Gasteiger charge is 2.16. The van der Waals surface area contributed by atoms with Gasteiger partial charge in [-0.05, 0) is 76.9 Å². The fraction of sp³-hybridized carbons (Fsp3) is 0. The highest BCUT2D eigenvalue weighted by Crippen LogP contribution is 2.39. The summed E-state index contributed by atoms with van der Waals surface area (Å²) >= 11 is 0. The predicted octanol–water partition coefficient (Wildman–Crippen LogP) is 11.6. The largest absolute Gasteiger partial charge is 0.310 e. The summed E-state index contributed by atoms with van der Waals surface area (Å²) in [6.45, 7) is 0. The van der Waals surface area contributed by atoms with Crippen LogP contribution in [0.25, 0.3) is 49.7 Å². The maximum absolute atomic E-state index is 2.38. The normalized spacial score (nSPS) is 11.2. The van der Waals surface area contributed by atoms with Gasteiger partial charge in [0.05, 0.1) is 11.0 Å². The first-order valence-corrected chi connectivity index (χ1v) is 15.0. The van der Waals surface area contributed by atoms with Gasteiger partial charge in [-0.3, -0.25) is 0 Å². The molecule has 0 radical (unpaired) electrons. The number of aromatic nitrogens is 1. The highest BCUT2D eigenvalue weighted by atomic mass is 15.1. The topological polar surface area (TPSA) is 8.17 Å². The molecule has 7 aromatic carbocycles. The quantitative estimate of drug-likeness (QED) is 0.196. The molecule has 208 valence electrons. The van der Waals surface area contributed by atoms with Gasteiger partial charge in [0.2, 0.25) is 0 Å². The van der Waals surface area contributed by atoms with Gasteiger partial charge in [-0.25, -0.2) is 0 Å². The van der Waals surface area contributed by atoms with Crippen LogP contribution in [0.15, 0.2) is 182 Å². The van der Waals surface area contributed by atoms with E-state index in [4.69, 9.17) is 0 Å². The first-order valence-electron chi connectivity index (χ1n) is 15.0. The van der Waals surface area contributed by atoms with Gasteiger partial charge in [-0.1, -0.05) is 127 Å². The fourth-order valence-electron chi connectivity index (χ4n) is 6.29. The van der Waals surface area contributed by atoms with Crippen LogP contribution in [0.3, 0.4) is 0 Å². The molecule has 0 bridgehead atoms. The molecule has 0 saturated carbocycles. The summed E-state index contributed by atoms with van der Waals surface area (Å²) in [5.74, 6) is 0. The van der Waals surface area contributed by atoms with Crippen LogP contribution in [0, 0.1) is 0 Å². The van der Waals surface area contributed by atoms with Crippen LogP contribution < -0.4 is 4.90 Å². The van der Waals surface area contributed by atoms with Gasteiger partial charge in [0, 0.05) is 33.5 Å². The van der Waals surface area contributed by atoms with E-state index in [1.807, 2.05) is 0 Å². The van der Waals surface area contributed by atoms with Crippen LogP contribution >= 0.6 is 0 Å². The molecule has 8 rings (SSSR count). The van der Waals surface area contributed by atoms with Crippen molar-refractivity contribution < 1.29 is 0 Å². The molecule has 0 unspecified atom stereocenters. The van der Waals surface area contributed by atoms with E-state index >= 15 is 0 Å². The van der Waals surface area contributed by atoms with Gasteiger partial charge in [-0.2, -0.15) is 0 Å². The van der Waals surface area contributed by atoms with E-state index in [-0.39, 0.29) is 0 Å². The second kappa shape index (κ2) is 11.1. The van der Waals surface area contributed by atoms with Gasteiger partial charge < -0.3 is 9.47 Å². The van der Waals surface area contributed by atoms with Gasteiger partial charge in [-0.15, -0.1) is 0 Å². The first-order chi connectivity index (χ1) is 21.8. The average Bonchev–Trinajstić information content (AvgIpc) is 3.44. The molecule has 0 fully saturated rings. The van der Waals surface area contributed by atoms with Crippen LogP contribution in [-0.2, 0) is 0 Å². The fourth-order valence-corrected chi connectivity index (χ4v) is 6.29. The van der Waals surface area contributed by atoms with Crippen LogP contribution in [0.5, 0.6) is 0 Å². The molecular formula is C42H30N2. The lowest BCUT2D eigenvalue weighted by Gasteiger charge is -2.26. The van der Waals surface area contributed by atoms with Crippen LogP contribution in [-0.4, -0.2) is 4.57 Å². The number of anilines is 3. The summed E-state index contributed by atoms with van der Waals surface area (Å²) in [5.41, 5.74) is 11.7. The Morgan fingerprint density at radius 3 is 1.25 bits per heavy atom. The molecule has 0 amide bonds. The average molecular weight is 563 g/mol. The number of hydrogen-bond donors (Lipinski definition) is 0. The molecule has 8 aromatic rings. The zero-order valence-corrected chi connectivity index (χ0v) is 24.2. The molecule has 0 spiro atoms. The smallest absolute Gasteiger partial charge is 0.0541 e. The minimum atomic E-state index is 1.10. The number of hydrogen-bond acceptors (Lipinski definition) is 1. The molecule has 0 aliphatic heterocycles. The Morgan fingerprint density at radius 2 is 0.750 bits per heavy atom. The molecule has 0 atom stereocenters. The van der Waals surface area contributed by atoms with Crippen molar-refractivity contribution in [1.82, 2.24) is 4.57 Å². The van der Waals surface area contributed by atoms with Gasteiger partial charge in [0.15, 0.2) is 0 Å². The van der Waals surface area contributed by atoms with Crippen molar-refractivity contribution in [3.8, 4) is 27.9 Å². The maximum Gasteiger partial charge on any atom is 0.0541 e. The lowest BCUT2D eigenvalue weighted by Crippen LogP contribution is -2.10. The molecule has 44 heavy (non-hydrogen) atoms. The summed E-state index contributed by atoms with van der Waals surface area (Å²) in [6, 6.07) is 65.1. The number of nitrogens with zero attached hydrogens (tertiary/aromatic N) is 2. The number of para-hydroxylation sites is 2. The number of benzene rings is 7. The monoisotopic (exact) mass is 562 g/mol. The predicted molar refractivity (Wildman–Crippen MR) is 186 cm³/mol. The van der Waals surface area contributed by atoms with Gasteiger partial charge in [0.1, 0.15) is 0 Å². The van der Waals surface area contributed by atoms with E-state index < -0.39 is 0 Å². The van der Waals surface area contributed by atoms with Gasteiger partial charge in [0.25, 0.3) is 0 Å². The molecule has 0 N–H and O–H groups in total. The molecule has 0 saturated heterocycles. The Labute approximate surface area is 257 Å². The SMILES string of the molecule is c1ccc(-c2ccc(N(c3ccc(-c4ccccc4)cc3)c3cccc(-n4c5ccccc5c5ccccc54)c3)cc2)cc1. The van der Waals surface area contributed by atoms with Crippen molar-refractivity contribution in [1.29, 1.82) is 0 Å². The Morgan fingerprint density at radius 1 is 0.318 bits per heavy atom. The lowest BCUT2D eigenvalue weighted by molar-refractivity contribution is 1.17. The zero-order chi connectivity index (χ0) is 29.3. The van der Waals surface area contributed by atoms with E-state index in [1.165, 1.54) is 44.1 Å². The van der Waals surface area contributed by atoms with Crippen LogP contribution in [0.1, 0.15) is 0 Å². The Hall–Kier alpha value is -5.86. The third-order valence-corrected chi connectivity index (χ3v) is 8.39. The van der Waals surface area contributed by atoms with Crippen molar-refractivity contribution in [3.05, 3.63) is 182 Å². The summed E-state index contributed by atoms with van der Waals surface area (Å²) < 4.78 is 2.38. The van der Waals surface area contributed by atoms with E-state index in [9.17, 15) is 0 Å². The standard InChI is InChI=1S/C42H30N2/c1-3-12-31(13-4-1)33-22-26-35(27-23-33)43(36-28-24-34(25-29-36)32-14-5-2-6-15-32)37-16-11-17-38(30-37)44-41-20-9-7-18-39(41)40-19-8-10-21-42(40)44/h1-30H. The van der Waals surface area contributed by atoms with Gasteiger partial charge >= 0.3 is 0 Å². The first kappa shape index (κ1) is 25.8. The molecule has 0 aliphatic carbocycles. The van der Waals surface area contributed by atoms with Crippen LogP contribution in [0.4, 0.5) is 17.1 Å². The molecule has 1 heterocycles. The lowest BCUT2D eigenvalue weighted by atomic mass is 10.0. The van der Waals surface area contributed by atoms with Crippen molar-refractivity contribution in [2.24, 2.45) is 0 Å². The van der Waals surface area contributed by atoms with E-state index in [2.05, 4.69) is 191 Å². The highest BCUT2D eigenvalue weighted by molar-refractivity contribution is 6.09. The second-order valence-corrected chi connectivity index (χ2v) is 11.1. The van der Waals surface area contributed by atoms with Crippen molar-refractivity contribution in [2.75, 3.05) is 4.90 Å². The van der Waals surface area contributed by atoms with E-state index in [0.29, 0.717) is 0 Å². The summed E-state index contributed by atoms with van der Waals surface area (Å²) in [5, 5.41) is 2.52. The van der Waals surface area contributed by atoms with Crippen LogP contribution in [0.2, 0.25) is 0 Å². The van der Waals surface area contributed by atoms with Crippen molar-refractivity contribution in [2.45, 2.75) is 0 Å². The molecule has 2 nitrogen and oxygen atoms in total. The molecule has 2 heteroatoms. The van der Waals surface area contributed by atoms with Crippen molar-refractivity contribution in [3.63, 3.8) is 0 Å². The summed E-state index contributed by atoms with van der Waals surface area (Å²) in [6.07, 6.45) is 0. The molecular weight excluding hydrogens is 532 g/mol.